The molecule has 0 aliphatic heterocycles. The molecule has 0 amide bonds. The number of ether oxygens (including phenoxy) is 1. The lowest BCUT2D eigenvalue weighted by molar-refractivity contribution is 0.127. The predicted molar refractivity (Wildman–Crippen MR) is 75.7 cm³/mol. The van der Waals surface area contributed by atoms with E-state index < -0.39 is 0 Å². The van der Waals surface area contributed by atoms with Crippen LogP contribution < -0.4 is 5.32 Å². The van der Waals surface area contributed by atoms with E-state index in [-0.39, 0.29) is 12.0 Å². The van der Waals surface area contributed by atoms with Crippen molar-refractivity contribution in [3.8, 4) is 0 Å². The van der Waals surface area contributed by atoms with Crippen molar-refractivity contribution < 1.29 is 9.84 Å². The minimum absolute atomic E-state index is 0.0166. The number of methoxy groups -OCH3 is 1. The first-order chi connectivity index (χ1) is 8.69. The average Bonchev–Trinajstić information content (AvgIpc) is 2.42. The fourth-order valence-electron chi connectivity index (χ4n) is 2.01. The molecule has 0 saturated heterocycles. The highest BCUT2D eigenvalue weighted by Gasteiger charge is 2.24. The smallest absolute Gasteiger partial charge is 0.0713 e. The fraction of sp³-hybridized carbons (Fsp3) is 0.600. The van der Waals surface area contributed by atoms with Crippen LogP contribution in [0.4, 0.5) is 5.69 Å². The monoisotopic (exact) mass is 251 g/mol. The van der Waals surface area contributed by atoms with Crippen molar-refractivity contribution >= 4 is 5.69 Å². The van der Waals surface area contributed by atoms with Crippen molar-refractivity contribution in [3.63, 3.8) is 0 Å². The van der Waals surface area contributed by atoms with Gasteiger partial charge in [0.25, 0.3) is 0 Å². The van der Waals surface area contributed by atoms with Crippen LogP contribution in [0.15, 0.2) is 24.3 Å². The summed E-state index contributed by atoms with van der Waals surface area (Å²) in [5, 5.41) is 13.0. The zero-order valence-corrected chi connectivity index (χ0v) is 11.7. The molecule has 0 spiro atoms. The van der Waals surface area contributed by atoms with E-state index in [1.54, 1.807) is 7.11 Å². The Kier molecular flexibility index (Phi) is 6.16. The lowest BCUT2D eigenvalue weighted by Crippen LogP contribution is -2.32. The Morgan fingerprint density at radius 1 is 1.28 bits per heavy atom. The van der Waals surface area contributed by atoms with E-state index in [4.69, 9.17) is 4.74 Å². The standard InChI is InChI=1S/C15H25NO2/c1-4-15(5-2,12-17)11-16-14-8-6-7-13(9-14)10-18-3/h6-9,16-17H,4-5,10-12H2,1-3H3. The van der Waals surface area contributed by atoms with E-state index in [1.165, 1.54) is 0 Å². The highest BCUT2D eigenvalue weighted by Crippen LogP contribution is 2.26. The second-order valence-electron chi connectivity index (χ2n) is 4.85. The molecular formula is C15H25NO2. The number of aliphatic hydroxyl groups is 1. The number of benzene rings is 1. The van der Waals surface area contributed by atoms with Crippen LogP contribution in [0.25, 0.3) is 0 Å². The summed E-state index contributed by atoms with van der Waals surface area (Å²) in [6, 6.07) is 8.21. The van der Waals surface area contributed by atoms with Gasteiger partial charge in [-0.05, 0) is 30.5 Å². The molecule has 0 aliphatic rings. The molecule has 2 N–H and O–H groups in total. The maximum absolute atomic E-state index is 9.53. The third-order valence-corrected chi connectivity index (χ3v) is 3.74. The van der Waals surface area contributed by atoms with Crippen molar-refractivity contribution in [2.75, 3.05) is 25.6 Å². The molecule has 0 unspecified atom stereocenters. The third kappa shape index (κ3) is 4.00. The van der Waals surface area contributed by atoms with E-state index in [0.29, 0.717) is 6.61 Å². The molecule has 1 aromatic rings. The number of hydrogen-bond acceptors (Lipinski definition) is 3. The first-order valence-corrected chi connectivity index (χ1v) is 6.62. The molecule has 0 heterocycles. The molecule has 0 radical (unpaired) electrons. The molecule has 1 rings (SSSR count). The van der Waals surface area contributed by atoms with E-state index in [9.17, 15) is 5.11 Å². The van der Waals surface area contributed by atoms with Crippen LogP contribution in [0.1, 0.15) is 32.3 Å². The Hall–Kier alpha value is -1.06. The van der Waals surface area contributed by atoms with Crippen LogP contribution >= 0.6 is 0 Å². The minimum Gasteiger partial charge on any atom is -0.396 e. The lowest BCUT2D eigenvalue weighted by atomic mass is 9.83. The Morgan fingerprint density at radius 2 is 2.00 bits per heavy atom. The third-order valence-electron chi connectivity index (χ3n) is 3.74. The summed E-state index contributed by atoms with van der Waals surface area (Å²) in [6.07, 6.45) is 1.95. The quantitative estimate of drug-likeness (QED) is 0.746. The van der Waals surface area contributed by atoms with E-state index in [2.05, 4.69) is 25.2 Å². The number of hydrogen-bond donors (Lipinski definition) is 2. The number of anilines is 1. The summed E-state index contributed by atoms with van der Waals surface area (Å²) in [4.78, 5) is 0. The molecule has 0 bridgehead atoms. The van der Waals surface area contributed by atoms with Crippen LogP contribution in [0.2, 0.25) is 0 Å². The number of nitrogens with one attached hydrogen (secondary N) is 1. The predicted octanol–water partition coefficient (Wildman–Crippen LogP) is 3.04. The highest BCUT2D eigenvalue weighted by molar-refractivity contribution is 5.45. The van der Waals surface area contributed by atoms with Crippen LogP contribution in [0, 0.1) is 5.41 Å². The Labute approximate surface area is 110 Å². The molecule has 0 atom stereocenters. The summed E-state index contributed by atoms with van der Waals surface area (Å²) in [6.45, 7) is 5.91. The van der Waals surface area contributed by atoms with Crippen molar-refractivity contribution in [2.24, 2.45) is 5.41 Å². The van der Waals surface area contributed by atoms with Gasteiger partial charge in [0.15, 0.2) is 0 Å². The lowest BCUT2D eigenvalue weighted by Gasteiger charge is -2.30. The van der Waals surface area contributed by atoms with Gasteiger partial charge < -0.3 is 15.2 Å². The maximum Gasteiger partial charge on any atom is 0.0713 e. The van der Waals surface area contributed by atoms with Crippen molar-refractivity contribution in [3.05, 3.63) is 29.8 Å². The van der Waals surface area contributed by atoms with Crippen LogP contribution in [-0.2, 0) is 11.3 Å². The Bertz CT molecular complexity index is 340. The molecule has 0 aliphatic carbocycles. The van der Waals surface area contributed by atoms with E-state index >= 15 is 0 Å². The second-order valence-corrected chi connectivity index (χ2v) is 4.85. The first kappa shape index (κ1) is 15.0. The SMILES string of the molecule is CCC(CC)(CO)CNc1cccc(COC)c1. The molecule has 3 heteroatoms. The van der Waals surface area contributed by atoms with Crippen LogP contribution in [-0.4, -0.2) is 25.4 Å². The van der Waals surface area contributed by atoms with Crippen molar-refractivity contribution in [1.29, 1.82) is 0 Å². The van der Waals surface area contributed by atoms with Gasteiger partial charge in [0.05, 0.1) is 13.2 Å². The molecule has 18 heavy (non-hydrogen) atoms. The van der Waals surface area contributed by atoms with Crippen LogP contribution in [0.3, 0.4) is 0 Å². The molecule has 0 aromatic heterocycles. The van der Waals surface area contributed by atoms with Gasteiger partial charge in [0.1, 0.15) is 0 Å². The zero-order chi connectivity index (χ0) is 13.4. The van der Waals surface area contributed by atoms with Gasteiger partial charge in [-0.1, -0.05) is 26.0 Å². The summed E-state index contributed by atoms with van der Waals surface area (Å²) in [7, 11) is 1.70. The topological polar surface area (TPSA) is 41.5 Å². The van der Waals surface area contributed by atoms with Gasteiger partial charge in [-0.25, -0.2) is 0 Å². The molecule has 0 saturated carbocycles. The van der Waals surface area contributed by atoms with Gasteiger partial charge in [-0.15, -0.1) is 0 Å². The van der Waals surface area contributed by atoms with Gasteiger partial charge in [0.2, 0.25) is 0 Å². The molecule has 0 fully saturated rings. The average molecular weight is 251 g/mol. The summed E-state index contributed by atoms with van der Waals surface area (Å²) < 4.78 is 5.12. The summed E-state index contributed by atoms with van der Waals surface area (Å²) in [5.74, 6) is 0. The summed E-state index contributed by atoms with van der Waals surface area (Å²) in [5.41, 5.74) is 2.23. The Balaban J connectivity index is 2.64. The van der Waals surface area contributed by atoms with Crippen molar-refractivity contribution in [2.45, 2.75) is 33.3 Å². The first-order valence-electron chi connectivity index (χ1n) is 6.62. The largest absolute Gasteiger partial charge is 0.396 e. The van der Waals surface area contributed by atoms with Gasteiger partial charge >= 0.3 is 0 Å². The molecular weight excluding hydrogens is 226 g/mol. The van der Waals surface area contributed by atoms with E-state index in [0.717, 1.165) is 30.6 Å². The zero-order valence-electron chi connectivity index (χ0n) is 11.7. The molecule has 3 nitrogen and oxygen atoms in total. The van der Waals surface area contributed by atoms with Gasteiger partial charge in [-0.2, -0.15) is 0 Å². The van der Waals surface area contributed by atoms with Gasteiger partial charge in [0, 0.05) is 24.8 Å². The molecule has 102 valence electrons. The number of rotatable bonds is 8. The maximum atomic E-state index is 9.53. The Morgan fingerprint density at radius 3 is 2.56 bits per heavy atom. The van der Waals surface area contributed by atoms with Gasteiger partial charge in [-0.3, -0.25) is 0 Å². The second kappa shape index (κ2) is 7.39. The summed E-state index contributed by atoms with van der Waals surface area (Å²) >= 11 is 0. The van der Waals surface area contributed by atoms with Crippen molar-refractivity contribution in [1.82, 2.24) is 0 Å². The highest BCUT2D eigenvalue weighted by atomic mass is 16.5. The fourth-order valence-corrected chi connectivity index (χ4v) is 2.01. The molecule has 1 aromatic carbocycles. The minimum atomic E-state index is -0.0166. The number of aliphatic hydroxyl groups excluding tert-OH is 1. The van der Waals surface area contributed by atoms with E-state index in [1.807, 2.05) is 18.2 Å². The van der Waals surface area contributed by atoms with Crippen LogP contribution in [0.5, 0.6) is 0 Å². The normalized spacial score (nSPS) is 11.6.